The third kappa shape index (κ3) is 2.90. The average Bonchev–Trinajstić information content (AvgIpc) is 2.08. The van der Waals surface area contributed by atoms with E-state index in [9.17, 15) is 4.79 Å². The zero-order valence-electron chi connectivity index (χ0n) is 7.99. The predicted molar refractivity (Wildman–Crippen MR) is 52.0 cm³/mol. The number of carbonyl (C=O) groups is 1. The smallest absolute Gasteiger partial charge is 0.124 e. The minimum atomic E-state index is 0.146. The summed E-state index contributed by atoms with van der Waals surface area (Å²) in [7, 11) is 0. The lowest BCUT2D eigenvalue weighted by Gasteiger charge is -2.12. The quantitative estimate of drug-likeness (QED) is 0.661. The van der Waals surface area contributed by atoms with Gasteiger partial charge in [0.2, 0.25) is 0 Å². The Morgan fingerprint density at radius 3 is 2.69 bits per heavy atom. The Morgan fingerprint density at radius 2 is 2.08 bits per heavy atom. The summed E-state index contributed by atoms with van der Waals surface area (Å²) in [5, 5.41) is 0. The van der Waals surface area contributed by atoms with Gasteiger partial charge in [-0.15, -0.1) is 0 Å². The summed E-state index contributed by atoms with van der Waals surface area (Å²) in [6.07, 6.45) is 1.46. The largest absolute Gasteiger partial charge is 0.491 e. The molecule has 1 aromatic carbocycles. The number of aldehydes is 1. The Hall–Kier alpha value is -1.31. The van der Waals surface area contributed by atoms with Gasteiger partial charge >= 0.3 is 0 Å². The van der Waals surface area contributed by atoms with Crippen molar-refractivity contribution in [2.45, 2.75) is 26.4 Å². The summed E-state index contributed by atoms with van der Waals surface area (Å²) in [4.78, 5) is 10.4. The molecule has 0 radical (unpaired) electrons. The fraction of sp³-hybridized carbons (Fsp3) is 0.364. The first-order chi connectivity index (χ1) is 6.24. The molecule has 0 heterocycles. The van der Waals surface area contributed by atoms with Crippen molar-refractivity contribution in [3.05, 3.63) is 29.8 Å². The van der Waals surface area contributed by atoms with Crippen LogP contribution in [0.5, 0.6) is 5.75 Å². The lowest BCUT2D eigenvalue weighted by atomic mass is 10.1. The molecule has 0 aromatic heterocycles. The fourth-order valence-corrected chi connectivity index (χ4v) is 1.13. The van der Waals surface area contributed by atoms with E-state index in [-0.39, 0.29) is 6.10 Å². The second kappa shape index (κ2) is 4.65. The SMILES string of the molecule is CC(C)Oc1ccccc1CC=O. The summed E-state index contributed by atoms with van der Waals surface area (Å²) in [5.41, 5.74) is 0.950. The molecule has 0 saturated carbocycles. The number of hydrogen-bond acceptors (Lipinski definition) is 2. The van der Waals surface area contributed by atoms with Crippen LogP contribution in [0.3, 0.4) is 0 Å². The van der Waals surface area contributed by atoms with Gasteiger partial charge in [0, 0.05) is 12.0 Å². The predicted octanol–water partition coefficient (Wildman–Crippen LogP) is 2.22. The summed E-state index contributed by atoms with van der Waals surface area (Å²) >= 11 is 0. The molecule has 0 spiro atoms. The van der Waals surface area contributed by atoms with Crippen molar-refractivity contribution in [2.24, 2.45) is 0 Å². The Morgan fingerprint density at radius 1 is 1.38 bits per heavy atom. The molecule has 0 atom stereocenters. The Balaban J connectivity index is 2.83. The Kier molecular flexibility index (Phi) is 3.50. The zero-order valence-corrected chi connectivity index (χ0v) is 7.99. The van der Waals surface area contributed by atoms with Crippen molar-refractivity contribution in [3.63, 3.8) is 0 Å². The van der Waals surface area contributed by atoms with E-state index in [0.717, 1.165) is 17.6 Å². The highest BCUT2D eigenvalue weighted by Gasteiger charge is 2.03. The monoisotopic (exact) mass is 178 g/mol. The molecule has 0 fully saturated rings. The van der Waals surface area contributed by atoms with Crippen molar-refractivity contribution >= 4 is 6.29 Å². The Labute approximate surface area is 78.5 Å². The molecule has 0 aliphatic carbocycles. The standard InChI is InChI=1S/C11H14O2/c1-9(2)13-11-6-4-3-5-10(11)7-8-12/h3-6,8-9H,7H2,1-2H3. The molecule has 1 rings (SSSR count). The molecule has 2 heteroatoms. The number of rotatable bonds is 4. The topological polar surface area (TPSA) is 26.3 Å². The van der Waals surface area contributed by atoms with E-state index in [2.05, 4.69) is 0 Å². The van der Waals surface area contributed by atoms with E-state index in [4.69, 9.17) is 4.74 Å². The van der Waals surface area contributed by atoms with Crippen LogP contribution in [0.25, 0.3) is 0 Å². The van der Waals surface area contributed by atoms with Gasteiger partial charge < -0.3 is 9.53 Å². The van der Waals surface area contributed by atoms with Gasteiger partial charge in [-0.05, 0) is 19.9 Å². The molecule has 0 aliphatic heterocycles. The van der Waals surface area contributed by atoms with Gasteiger partial charge in [0.1, 0.15) is 12.0 Å². The van der Waals surface area contributed by atoms with Gasteiger partial charge in [-0.3, -0.25) is 0 Å². The van der Waals surface area contributed by atoms with Gasteiger partial charge in [-0.25, -0.2) is 0 Å². The molecule has 13 heavy (non-hydrogen) atoms. The second-order valence-electron chi connectivity index (χ2n) is 3.15. The Bertz CT molecular complexity index is 279. The van der Waals surface area contributed by atoms with Crippen LogP contribution in [-0.2, 0) is 11.2 Å². The summed E-state index contributed by atoms with van der Waals surface area (Å²) in [6.45, 7) is 3.94. The van der Waals surface area contributed by atoms with Crippen molar-refractivity contribution < 1.29 is 9.53 Å². The zero-order chi connectivity index (χ0) is 9.68. The van der Waals surface area contributed by atoms with E-state index in [1.54, 1.807) is 0 Å². The minimum Gasteiger partial charge on any atom is -0.491 e. The average molecular weight is 178 g/mol. The van der Waals surface area contributed by atoms with E-state index in [1.165, 1.54) is 0 Å². The highest BCUT2D eigenvalue weighted by Crippen LogP contribution is 2.18. The number of hydrogen-bond donors (Lipinski definition) is 0. The maximum absolute atomic E-state index is 10.4. The summed E-state index contributed by atoms with van der Waals surface area (Å²) in [6, 6.07) is 7.61. The summed E-state index contributed by atoms with van der Waals surface area (Å²) < 4.78 is 5.54. The van der Waals surface area contributed by atoms with Gasteiger partial charge in [0.25, 0.3) is 0 Å². The van der Waals surface area contributed by atoms with Crippen LogP contribution in [-0.4, -0.2) is 12.4 Å². The van der Waals surface area contributed by atoms with Gasteiger partial charge in [0.05, 0.1) is 6.10 Å². The van der Waals surface area contributed by atoms with Crippen LogP contribution >= 0.6 is 0 Å². The maximum atomic E-state index is 10.4. The molecule has 0 saturated heterocycles. The summed E-state index contributed by atoms with van der Waals surface area (Å²) in [5.74, 6) is 0.810. The lowest BCUT2D eigenvalue weighted by Crippen LogP contribution is -2.07. The molecular weight excluding hydrogens is 164 g/mol. The normalized spacial score (nSPS) is 10.1. The van der Waals surface area contributed by atoms with E-state index < -0.39 is 0 Å². The van der Waals surface area contributed by atoms with Crippen molar-refractivity contribution in [2.75, 3.05) is 0 Å². The molecule has 1 aromatic rings. The van der Waals surface area contributed by atoms with Crippen molar-refractivity contribution in [3.8, 4) is 5.75 Å². The number of carbonyl (C=O) groups excluding carboxylic acids is 1. The van der Waals surface area contributed by atoms with Crippen LogP contribution in [0.15, 0.2) is 24.3 Å². The first-order valence-electron chi connectivity index (χ1n) is 4.42. The molecule has 0 bridgehead atoms. The fourth-order valence-electron chi connectivity index (χ4n) is 1.13. The third-order valence-corrected chi connectivity index (χ3v) is 1.64. The molecule has 0 unspecified atom stereocenters. The van der Waals surface area contributed by atoms with Crippen LogP contribution in [0.1, 0.15) is 19.4 Å². The van der Waals surface area contributed by atoms with Gasteiger partial charge in [-0.1, -0.05) is 18.2 Å². The van der Waals surface area contributed by atoms with E-state index >= 15 is 0 Å². The van der Waals surface area contributed by atoms with E-state index in [0.29, 0.717) is 6.42 Å². The lowest BCUT2D eigenvalue weighted by molar-refractivity contribution is -0.107. The van der Waals surface area contributed by atoms with Crippen molar-refractivity contribution in [1.82, 2.24) is 0 Å². The van der Waals surface area contributed by atoms with Crippen LogP contribution < -0.4 is 4.74 Å². The highest BCUT2D eigenvalue weighted by atomic mass is 16.5. The number of benzene rings is 1. The van der Waals surface area contributed by atoms with Crippen LogP contribution in [0, 0.1) is 0 Å². The number of ether oxygens (including phenoxy) is 1. The molecular formula is C11H14O2. The first-order valence-corrected chi connectivity index (χ1v) is 4.42. The van der Waals surface area contributed by atoms with E-state index in [1.807, 2.05) is 38.1 Å². The maximum Gasteiger partial charge on any atom is 0.124 e. The highest BCUT2D eigenvalue weighted by molar-refractivity contribution is 5.57. The molecule has 0 aliphatic rings. The molecule has 0 amide bonds. The first kappa shape index (κ1) is 9.78. The van der Waals surface area contributed by atoms with Gasteiger partial charge in [0.15, 0.2) is 0 Å². The molecule has 0 N–H and O–H groups in total. The third-order valence-electron chi connectivity index (χ3n) is 1.64. The number of para-hydroxylation sites is 1. The molecule has 2 nitrogen and oxygen atoms in total. The van der Waals surface area contributed by atoms with Crippen LogP contribution in [0.4, 0.5) is 0 Å². The molecule has 70 valence electrons. The second-order valence-corrected chi connectivity index (χ2v) is 3.15. The minimum absolute atomic E-state index is 0.146. The van der Waals surface area contributed by atoms with Crippen LogP contribution in [0.2, 0.25) is 0 Å². The van der Waals surface area contributed by atoms with Crippen molar-refractivity contribution in [1.29, 1.82) is 0 Å². The van der Waals surface area contributed by atoms with Gasteiger partial charge in [-0.2, -0.15) is 0 Å².